The van der Waals surface area contributed by atoms with Crippen molar-refractivity contribution in [3.8, 4) is 0 Å². The quantitative estimate of drug-likeness (QED) is 0.538. The molecule has 1 heterocycles. The molecule has 0 saturated carbocycles. The van der Waals surface area contributed by atoms with Gasteiger partial charge in [-0.25, -0.2) is 9.78 Å². The lowest BCUT2D eigenvalue weighted by Gasteiger charge is -2.02. The van der Waals surface area contributed by atoms with E-state index in [-0.39, 0.29) is 24.9 Å². The van der Waals surface area contributed by atoms with Gasteiger partial charge in [0.05, 0.1) is 17.6 Å². The van der Waals surface area contributed by atoms with Crippen molar-refractivity contribution in [3.63, 3.8) is 0 Å². The topological polar surface area (TPSA) is 107 Å². The summed E-state index contributed by atoms with van der Waals surface area (Å²) >= 11 is 0. The van der Waals surface area contributed by atoms with E-state index in [0.717, 1.165) is 0 Å². The van der Waals surface area contributed by atoms with Gasteiger partial charge in [0.25, 0.3) is 0 Å². The number of amides is 2. The van der Waals surface area contributed by atoms with Gasteiger partial charge in [-0.15, -0.1) is 0 Å². The molecule has 122 valence electrons. The van der Waals surface area contributed by atoms with Crippen molar-refractivity contribution in [3.05, 3.63) is 59.7 Å². The Hall–Kier alpha value is -3.19. The van der Waals surface area contributed by atoms with E-state index in [0.29, 0.717) is 22.2 Å². The van der Waals surface area contributed by atoms with E-state index >= 15 is 0 Å². The van der Waals surface area contributed by atoms with Gasteiger partial charge in [0.2, 0.25) is 5.95 Å². The first-order chi connectivity index (χ1) is 11.7. The molecule has 0 unspecified atom stereocenters. The van der Waals surface area contributed by atoms with Gasteiger partial charge in [-0.1, -0.05) is 30.3 Å². The summed E-state index contributed by atoms with van der Waals surface area (Å²) in [6.07, 6.45) is 0. The number of aliphatic hydroxyl groups is 1. The summed E-state index contributed by atoms with van der Waals surface area (Å²) in [5, 5.41) is 13.7. The first-order valence-electron chi connectivity index (χ1n) is 7.42. The molecule has 7 nitrogen and oxygen atoms in total. The Morgan fingerprint density at radius 3 is 2.62 bits per heavy atom. The standard InChI is InChI=1S/C17H16N4O3/c22-9-8-18-17(24)21-16-19-13-7-6-12(10-14(13)20-16)15(23)11-4-2-1-3-5-11/h1-7,10,22H,8-9H2,(H3,18,19,20,21,24). The predicted octanol–water partition coefficient (Wildman–Crippen LogP) is 1.91. The number of hydrogen-bond donors (Lipinski definition) is 4. The van der Waals surface area contributed by atoms with Crippen LogP contribution in [0.3, 0.4) is 0 Å². The van der Waals surface area contributed by atoms with Gasteiger partial charge in [-0.05, 0) is 18.2 Å². The number of carbonyl (C=O) groups is 2. The van der Waals surface area contributed by atoms with Crippen LogP contribution in [0, 0.1) is 0 Å². The summed E-state index contributed by atoms with van der Waals surface area (Å²) in [5.74, 6) is 0.187. The Balaban J connectivity index is 1.81. The third-order valence-corrected chi connectivity index (χ3v) is 3.41. The van der Waals surface area contributed by atoms with Gasteiger partial charge >= 0.3 is 6.03 Å². The number of imidazole rings is 1. The van der Waals surface area contributed by atoms with Crippen LogP contribution >= 0.6 is 0 Å². The molecule has 4 N–H and O–H groups in total. The molecule has 3 aromatic rings. The van der Waals surface area contributed by atoms with Crippen molar-refractivity contribution in [2.24, 2.45) is 0 Å². The molecular weight excluding hydrogens is 308 g/mol. The Morgan fingerprint density at radius 1 is 1.08 bits per heavy atom. The van der Waals surface area contributed by atoms with E-state index in [9.17, 15) is 9.59 Å². The van der Waals surface area contributed by atoms with E-state index in [4.69, 9.17) is 5.11 Å². The molecule has 0 radical (unpaired) electrons. The molecule has 0 bridgehead atoms. The number of aromatic nitrogens is 2. The molecule has 0 saturated heterocycles. The zero-order valence-corrected chi connectivity index (χ0v) is 12.7. The molecule has 2 aromatic carbocycles. The molecule has 0 fully saturated rings. The second kappa shape index (κ2) is 6.93. The van der Waals surface area contributed by atoms with Crippen molar-refractivity contribution in [1.82, 2.24) is 15.3 Å². The number of fused-ring (bicyclic) bond motifs is 1. The molecule has 0 aliphatic carbocycles. The summed E-state index contributed by atoms with van der Waals surface area (Å²) in [7, 11) is 0. The number of carbonyl (C=O) groups excluding carboxylic acids is 2. The number of aromatic amines is 1. The lowest BCUT2D eigenvalue weighted by atomic mass is 10.0. The van der Waals surface area contributed by atoms with E-state index in [2.05, 4.69) is 20.6 Å². The Kier molecular flexibility index (Phi) is 4.53. The number of nitrogens with zero attached hydrogens (tertiary/aromatic N) is 1. The normalized spacial score (nSPS) is 10.5. The van der Waals surface area contributed by atoms with Crippen molar-refractivity contribution >= 4 is 28.8 Å². The minimum Gasteiger partial charge on any atom is -0.395 e. The van der Waals surface area contributed by atoms with E-state index in [1.807, 2.05) is 18.2 Å². The number of ketones is 1. The van der Waals surface area contributed by atoms with Gasteiger partial charge in [-0.2, -0.15) is 0 Å². The van der Waals surface area contributed by atoms with Crippen LogP contribution < -0.4 is 10.6 Å². The average molecular weight is 324 g/mol. The van der Waals surface area contributed by atoms with Gasteiger partial charge in [0.15, 0.2) is 5.78 Å². The predicted molar refractivity (Wildman–Crippen MR) is 90.1 cm³/mol. The Morgan fingerprint density at radius 2 is 1.88 bits per heavy atom. The number of hydrogen-bond acceptors (Lipinski definition) is 4. The molecule has 0 aliphatic rings. The summed E-state index contributed by atoms with van der Waals surface area (Å²) in [4.78, 5) is 31.2. The van der Waals surface area contributed by atoms with E-state index < -0.39 is 6.03 Å². The number of H-pyrrole nitrogens is 1. The third-order valence-electron chi connectivity index (χ3n) is 3.41. The van der Waals surface area contributed by atoms with Crippen LogP contribution in [0.25, 0.3) is 11.0 Å². The summed E-state index contributed by atoms with van der Waals surface area (Å²) in [5.41, 5.74) is 2.43. The highest BCUT2D eigenvalue weighted by atomic mass is 16.3. The van der Waals surface area contributed by atoms with Gasteiger partial charge in [-0.3, -0.25) is 10.1 Å². The van der Waals surface area contributed by atoms with Crippen molar-refractivity contribution in [2.75, 3.05) is 18.5 Å². The lowest BCUT2D eigenvalue weighted by molar-refractivity contribution is 0.103. The highest BCUT2D eigenvalue weighted by Crippen LogP contribution is 2.18. The van der Waals surface area contributed by atoms with Crippen LogP contribution in [0.4, 0.5) is 10.7 Å². The summed E-state index contributed by atoms with van der Waals surface area (Å²) in [6.45, 7) is 0.0142. The van der Waals surface area contributed by atoms with Crippen LogP contribution in [0.15, 0.2) is 48.5 Å². The highest BCUT2D eigenvalue weighted by Gasteiger charge is 2.11. The molecule has 7 heteroatoms. The number of anilines is 1. The molecule has 0 aliphatic heterocycles. The fourth-order valence-corrected chi connectivity index (χ4v) is 2.29. The summed E-state index contributed by atoms with van der Waals surface area (Å²) < 4.78 is 0. The number of rotatable bonds is 5. The summed E-state index contributed by atoms with van der Waals surface area (Å²) in [6, 6.07) is 13.7. The van der Waals surface area contributed by atoms with Gasteiger partial charge in [0, 0.05) is 17.7 Å². The van der Waals surface area contributed by atoms with Crippen LogP contribution in [0.5, 0.6) is 0 Å². The average Bonchev–Trinajstić information content (AvgIpc) is 3.01. The minimum atomic E-state index is -0.469. The second-order valence-corrected chi connectivity index (χ2v) is 5.12. The van der Waals surface area contributed by atoms with Crippen molar-refractivity contribution < 1.29 is 14.7 Å². The van der Waals surface area contributed by atoms with Crippen LogP contribution in [0.1, 0.15) is 15.9 Å². The second-order valence-electron chi connectivity index (χ2n) is 5.12. The van der Waals surface area contributed by atoms with Gasteiger partial charge in [0.1, 0.15) is 0 Å². The van der Waals surface area contributed by atoms with E-state index in [1.54, 1.807) is 30.3 Å². The zero-order valence-electron chi connectivity index (χ0n) is 12.7. The fraction of sp³-hybridized carbons (Fsp3) is 0.118. The molecule has 0 spiro atoms. The first-order valence-corrected chi connectivity index (χ1v) is 7.42. The van der Waals surface area contributed by atoms with E-state index in [1.165, 1.54) is 0 Å². The number of aliphatic hydroxyl groups excluding tert-OH is 1. The maximum Gasteiger partial charge on any atom is 0.321 e. The third kappa shape index (κ3) is 3.41. The molecular formula is C17H16N4O3. The highest BCUT2D eigenvalue weighted by molar-refractivity contribution is 6.10. The van der Waals surface area contributed by atoms with Crippen LogP contribution in [-0.2, 0) is 0 Å². The number of benzene rings is 2. The molecule has 24 heavy (non-hydrogen) atoms. The fourth-order valence-electron chi connectivity index (χ4n) is 2.29. The molecule has 3 rings (SSSR count). The molecule has 0 atom stereocenters. The zero-order chi connectivity index (χ0) is 16.9. The van der Waals surface area contributed by atoms with Crippen molar-refractivity contribution in [2.45, 2.75) is 0 Å². The Bertz CT molecular complexity index is 874. The molecule has 1 aromatic heterocycles. The van der Waals surface area contributed by atoms with Gasteiger partial charge < -0.3 is 15.4 Å². The largest absolute Gasteiger partial charge is 0.395 e. The SMILES string of the molecule is O=C(NCCO)Nc1nc2ccc(C(=O)c3ccccc3)cc2[nH]1. The minimum absolute atomic E-state index is 0.0812. The first kappa shape index (κ1) is 15.7. The van der Waals surface area contributed by atoms with Crippen molar-refractivity contribution in [1.29, 1.82) is 0 Å². The smallest absolute Gasteiger partial charge is 0.321 e. The number of urea groups is 1. The maximum atomic E-state index is 12.5. The monoisotopic (exact) mass is 324 g/mol. The lowest BCUT2D eigenvalue weighted by Crippen LogP contribution is -2.31. The van der Waals surface area contributed by atoms with Crippen LogP contribution in [-0.4, -0.2) is 40.0 Å². The molecule has 2 amide bonds. The maximum absolute atomic E-state index is 12.5. The number of nitrogens with one attached hydrogen (secondary N) is 3. The van der Waals surface area contributed by atoms with Crippen LogP contribution in [0.2, 0.25) is 0 Å². The Labute approximate surface area is 137 Å².